The lowest BCUT2D eigenvalue weighted by atomic mass is 10.2. The fourth-order valence-electron chi connectivity index (χ4n) is 2.22. The summed E-state index contributed by atoms with van der Waals surface area (Å²) in [6.07, 6.45) is 6.33. The quantitative estimate of drug-likeness (QED) is 0.690. The number of carboxylic acids is 1. The minimum absolute atomic E-state index is 0.179. The fraction of sp³-hybridized carbons (Fsp3) is 0.833. The topological polar surface area (TPSA) is 78.4 Å². The lowest BCUT2D eigenvalue weighted by Crippen LogP contribution is -2.48. The number of urea groups is 1. The van der Waals surface area contributed by atoms with Gasteiger partial charge in [-0.2, -0.15) is 11.8 Å². The van der Waals surface area contributed by atoms with Crippen molar-refractivity contribution in [2.75, 3.05) is 6.26 Å². The Kier molecular flexibility index (Phi) is 6.32. The van der Waals surface area contributed by atoms with Gasteiger partial charge in [-0.05, 0) is 31.9 Å². The third-order valence-electron chi connectivity index (χ3n) is 3.23. The monoisotopic (exact) mass is 274 g/mol. The van der Waals surface area contributed by atoms with Crippen LogP contribution in [-0.2, 0) is 4.79 Å². The van der Waals surface area contributed by atoms with E-state index >= 15 is 0 Å². The molecule has 1 fully saturated rings. The van der Waals surface area contributed by atoms with Crippen molar-refractivity contribution in [3.63, 3.8) is 0 Å². The van der Waals surface area contributed by atoms with Crippen LogP contribution >= 0.6 is 11.8 Å². The zero-order chi connectivity index (χ0) is 13.5. The molecule has 0 aliphatic heterocycles. The lowest BCUT2D eigenvalue weighted by Gasteiger charge is -2.17. The highest BCUT2D eigenvalue weighted by Gasteiger charge is 2.26. The Hall–Kier alpha value is -0.910. The number of rotatable bonds is 6. The number of carbonyl (C=O) groups is 2. The Bertz CT molecular complexity index is 299. The molecule has 0 aromatic carbocycles. The van der Waals surface area contributed by atoms with E-state index in [1.54, 1.807) is 0 Å². The highest BCUT2D eigenvalue weighted by atomic mass is 32.2. The number of nitrogens with one attached hydrogen (secondary N) is 2. The third-order valence-corrected chi connectivity index (χ3v) is 4.33. The Morgan fingerprint density at radius 1 is 1.44 bits per heavy atom. The van der Waals surface area contributed by atoms with E-state index in [1.807, 2.05) is 18.7 Å². The van der Waals surface area contributed by atoms with E-state index < -0.39 is 12.0 Å². The van der Waals surface area contributed by atoms with Crippen molar-refractivity contribution in [2.45, 2.75) is 56.4 Å². The molecule has 104 valence electrons. The van der Waals surface area contributed by atoms with E-state index in [-0.39, 0.29) is 12.1 Å². The van der Waals surface area contributed by atoms with Crippen LogP contribution < -0.4 is 10.6 Å². The van der Waals surface area contributed by atoms with Crippen LogP contribution in [0.4, 0.5) is 4.79 Å². The molecule has 18 heavy (non-hydrogen) atoms. The van der Waals surface area contributed by atoms with Gasteiger partial charge in [0.15, 0.2) is 0 Å². The van der Waals surface area contributed by atoms with Crippen LogP contribution in [0.5, 0.6) is 0 Å². The number of aliphatic carboxylic acids is 1. The van der Waals surface area contributed by atoms with E-state index in [0.29, 0.717) is 11.7 Å². The average molecular weight is 274 g/mol. The van der Waals surface area contributed by atoms with Gasteiger partial charge < -0.3 is 15.7 Å². The Morgan fingerprint density at radius 2 is 2.17 bits per heavy atom. The maximum Gasteiger partial charge on any atom is 0.326 e. The normalized spacial score (nSPS) is 24.6. The summed E-state index contributed by atoms with van der Waals surface area (Å²) < 4.78 is 0. The predicted octanol–water partition coefficient (Wildman–Crippen LogP) is 1.82. The van der Waals surface area contributed by atoms with Crippen LogP contribution in [0.2, 0.25) is 0 Å². The molecule has 1 rings (SSSR count). The first-order valence-electron chi connectivity index (χ1n) is 6.39. The summed E-state index contributed by atoms with van der Waals surface area (Å²) in [5.74, 6) is -0.972. The number of hydrogen-bond acceptors (Lipinski definition) is 3. The minimum atomic E-state index is -0.972. The first-order chi connectivity index (χ1) is 8.56. The molecule has 1 aliphatic rings. The average Bonchev–Trinajstić information content (AvgIpc) is 2.76. The molecule has 2 amide bonds. The molecule has 3 N–H and O–H groups in total. The first kappa shape index (κ1) is 15.1. The number of carbonyl (C=O) groups excluding carboxylic acids is 1. The van der Waals surface area contributed by atoms with Crippen molar-refractivity contribution in [1.82, 2.24) is 10.6 Å². The van der Waals surface area contributed by atoms with E-state index in [9.17, 15) is 9.59 Å². The molecule has 0 saturated heterocycles. The van der Waals surface area contributed by atoms with Crippen molar-refractivity contribution in [3.8, 4) is 0 Å². The van der Waals surface area contributed by atoms with Gasteiger partial charge in [0.25, 0.3) is 0 Å². The largest absolute Gasteiger partial charge is 0.480 e. The highest BCUT2D eigenvalue weighted by molar-refractivity contribution is 7.99. The van der Waals surface area contributed by atoms with Crippen molar-refractivity contribution in [1.29, 1.82) is 0 Å². The summed E-state index contributed by atoms with van der Waals surface area (Å²) >= 11 is 1.82. The SMILES string of the molecule is CCC[C@@H](NC(=O)NC1CCC(SC)C1)C(=O)O. The second-order valence-corrected chi connectivity index (χ2v) is 5.80. The molecule has 0 bridgehead atoms. The molecule has 1 saturated carbocycles. The van der Waals surface area contributed by atoms with E-state index in [1.165, 1.54) is 0 Å². The molecule has 0 heterocycles. The van der Waals surface area contributed by atoms with Gasteiger partial charge in [-0.25, -0.2) is 9.59 Å². The van der Waals surface area contributed by atoms with E-state index in [2.05, 4.69) is 16.9 Å². The molecule has 3 atom stereocenters. The Balaban J connectivity index is 2.34. The summed E-state index contributed by atoms with van der Waals surface area (Å²) in [6.45, 7) is 1.90. The van der Waals surface area contributed by atoms with Crippen molar-refractivity contribution in [2.24, 2.45) is 0 Å². The highest BCUT2D eigenvalue weighted by Crippen LogP contribution is 2.27. The minimum Gasteiger partial charge on any atom is -0.480 e. The van der Waals surface area contributed by atoms with Gasteiger partial charge in [-0.3, -0.25) is 0 Å². The molecule has 1 aliphatic carbocycles. The van der Waals surface area contributed by atoms with E-state index in [4.69, 9.17) is 5.11 Å². The molecule has 0 radical (unpaired) electrons. The summed E-state index contributed by atoms with van der Waals surface area (Å²) in [4.78, 5) is 22.6. The summed E-state index contributed by atoms with van der Waals surface area (Å²) in [5, 5.41) is 14.9. The molecule has 0 spiro atoms. The number of carboxylic acid groups (broad SMARTS) is 1. The molecular formula is C12H22N2O3S. The predicted molar refractivity (Wildman–Crippen MR) is 72.9 cm³/mol. The van der Waals surface area contributed by atoms with Crippen LogP contribution in [-0.4, -0.2) is 40.7 Å². The third kappa shape index (κ3) is 4.76. The summed E-state index contributed by atoms with van der Waals surface area (Å²) in [6, 6.07) is -0.964. The second-order valence-electron chi connectivity index (χ2n) is 4.66. The van der Waals surface area contributed by atoms with E-state index in [0.717, 1.165) is 25.7 Å². The van der Waals surface area contributed by atoms with Crippen LogP contribution in [0.3, 0.4) is 0 Å². The van der Waals surface area contributed by atoms with Gasteiger partial charge in [-0.1, -0.05) is 13.3 Å². The van der Waals surface area contributed by atoms with Crippen LogP contribution in [0.1, 0.15) is 39.0 Å². The first-order valence-corrected chi connectivity index (χ1v) is 7.68. The van der Waals surface area contributed by atoms with Crippen molar-refractivity contribution in [3.05, 3.63) is 0 Å². The van der Waals surface area contributed by atoms with Gasteiger partial charge in [0, 0.05) is 11.3 Å². The zero-order valence-electron chi connectivity index (χ0n) is 10.9. The molecule has 6 heteroatoms. The van der Waals surface area contributed by atoms with Crippen molar-refractivity contribution >= 4 is 23.8 Å². The number of hydrogen-bond donors (Lipinski definition) is 3. The number of thioether (sulfide) groups is 1. The number of amides is 2. The van der Waals surface area contributed by atoms with Gasteiger partial charge >= 0.3 is 12.0 Å². The molecule has 0 aromatic heterocycles. The Morgan fingerprint density at radius 3 is 2.67 bits per heavy atom. The van der Waals surface area contributed by atoms with Crippen LogP contribution in [0, 0.1) is 0 Å². The molecular weight excluding hydrogens is 252 g/mol. The Labute approximate surface area is 112 Å². The maximum atomic E-state index is 11.7. The van der Waals surface area contributed by atoms with Gasteiger partial charge in [0.2, 0.25) is 0 Å². The standard InChI is InChI=1S/C12H22N2O3S/c1-3-4-10(11(15)16)14-12(17)13-8-5-6-9(7-8)18-2/h8-10H,3-7H2,1-2H3,(H,15,16)(H2,13,14,17)/t8?,9?,10-/m1/s1. The second kappa shape index (κ2) is 7.51. The maximum absolute atomic E-state index is 11.7. The van der Waals surface area contributed by atoms with Crippen molar-refractivity contribution < 1.29 is 14.7 Å². The molecule has 0 aromatic rings. The van der Waals surface area contributed by atoms with Gasteiger partial charge in [0.1, 0.15) is 6.04 Å². The zero-order valence-corrected chi connectivity index (χ0v) is 11.8. The van der Waals surface area contributed by atoms with Gasteiger partial charge in [-0.15, -0.1) is 0 Å². The smallest absolute Gasteiger partial charge is 0.326 e. The van der Waals surface area contributed by atoms with Crippen LogP contribution in [0.25, 0.3) is 0 Å². The fourth-order valence-corrected chi connectivity index (χ4v) is 3.01. The summed E-state index contributed by atoms with van der Waals surface area (Å²) in [7, 11) is 0. The molecule has 2 unspecified atom stereocenters. The summed E-state index contributed by atoms with van der Waals surface area (Å²) in [5.41, 5.74) is 0. The molecule has 5 nitrogen and oxygen atoms in total. The van der Waals surface area contributed by atoms with Gasteiger partial charge in [0.05, 0.1) is 0 Å². The van der Waals surface area contributed by atoms with Crippen LogP contribution in [0.15, 0.2) is 0 Å². The lowest BCUT2D eigenvalue weighted by molar-refractivity contribution is -0.139.